The summed E-state index contributed by atoms with van der Waals surface area (Å²) in [5.41, 5.74) is 1.22. The number of halogens is 1. The summed E-state index contributed by atoms with van der Waals surface area (Å²) in [7, 11) is 0. The molecule has 0 saturated carbocycles. The molecule has 4 heteroatoms. The van der Waals surface area contributed by atoms with Gasteiger partial charge in [-0.2, -0.15) is 0 Å². The predicted octanol–water partition coefficient (Wildman–Crippen LogP) is 2.60. The van der Waals surface area contributed by atoms with Crippen LogP contribution in [-0.2, 0) is 16.0 Å². The highest BCUT2D eigenvalue weighted by molar-refractivity contribution is 14.1. The fourth-order valence-corrected chi connectivity index (χ4v) is 1.86. The number of benzene rings is 1. The van der Waals surface area contributed by atoms with E-state index in [1.165, 1.54) is 6.92 Å². The number of hydrogen-bond acceptors (Lipinski definition) is 3. The number of carbonyl (C=O) groups is 2. The van der Waals surface area contributed by atoms with Crippen LogP contribution in [-0.4, -0.2) is 18.4 Å². The molecular formula is C12H13IO3. The smallest absolute Gasteiger partial charge is 0.338 e. The third-order valence-corrected chi connectivity index (χ3v) is 2.68. The minimum absolute atomic E-state index is 0.0340. The third kappa shape index (κ3) is 3.59. The topological polar surface area (TPSA) is 43.4 Å². The molecule has 0 atom stereocenters. The molecule has 86 valence electrons. The van der Waals surface area contributed by atoms with Gasteiger partial charge in [0.2, 0.25) is 0 Å². The van der Waals surface area contributed by atoms with E-state index in [0.717, 1.165) is 9.13 Å². The standard InChI is InChI=1S/C12H13IO3/c1-3-16-12(15)11-7-10(13)5-4-9(11)6-8(2)14/h4-5,7H,3,6H2,1-2H3. The van der Waals surface area contributed by atoms with E-state index in [-0.39, 0.29) is 18.2 Å². The van der Waals surface area contributed by atoms with Crippen molar-refractivity contribution in [2.45, 2.75) is 20.3 Å². The third-order valence-electron chi connectivity index (χ3n) is 2.01. The van der Waals surface area contributed by atoms with E-state index < -0.39 is 0 Å². The maximum atomic E-state index is 11.7. The fraction of sp³-hybridized carbons (Fsp3) is 0.333. The normalized spacial score (nSPS) is 9.94. The van der Waals surface area contributed by atoms with Crippen LogP contribution in [0.3, 0.4) is 0 Å². The molecule has 1 rings (SSSR count). The lowest BCUT2D eigenvalue weighted by atomic mass is 10.0. The first-order chi connectivity index (χ1) is 7.54. The van der Waals surface area contributed by atoms with Crippen LogP contribution in [0.1, 0.15) is 29.8 Å². The Hall–Kier alpha value is -0.910. The zero-order valence-electron chi connectivity index (χ0n) is 9.25. The molecule has 0 spiro atoms. The Morgan fingerprint density at radius 2 is 2.06 bits per heavy atom. The Morgan fingerprint density at radius 1 is 1.38 bits per heavy atom. The van der Waals surface area contributed by atoms with Crippen molar-refractivity contribution in [3.63, 3.8) is 0 Å². The highest BCUT2D eigenvalue weighted by atomic mass is 127. The van der Waals surface area contributed by atoms with Gasteiger partial charge in [-0.3, -0.25) is 4.79 Å². The molecule has 1 aromatic carbocycles. The molecule has 0 aliphatic heterocycles. The van der Waals surface area contributed by atoms with Gasteiger partial charge < -0.3 is 4.74 Å². The summed E-state index contributed by atoms with van der Waals surface area (Å²) in [6.07, 6.45) is 0.269. The van der Waals surface area contributed by atoms with E-state index in [9.17, 15) is 9.59 Å². The van der Waals surface area contributed by atoms with Crippen molar-refractivity contribution in [2.75, 3.05) is 6.61 Å². The molecule has 0 unspecified atom stereocenters. The lowest BCUT2D eigenvalue weighted by Crippen LogP contribution is -2.10. The van der Waals surface area contributed by atoms with Gasteiger partial charge in [-0.1, -0.05) is 6.07 Å². The Balaban J connectivity index is 3.07. The molecule has 0 aromatic heterocycles. The number of ether oxygens (including phenoxy) is 1. The quantitative estimate of drug-likeness (QED) is 0.629. The highest BCUT2D eigenvalue weighted by Gasteiger charge is 2.13. The Labute approximate surface area is 108 Å². The number of ketones is 1. The second-order valence-corrected chi connectivity index (χ2v) is 4.65. The first-order valence-corrected chi connectivity index (χ1v) is 6.07. The van der Waals surface area contributed by atoms with Crippen molar-refractivity contribution in [3.05, 3.63) is 32.9 Å². The molecule has 0 aliphatic carbocycles. The summed E-state index contributed by atoms with van der Waals surface area (Å²) >= 11 is 2.12. The molecule has 16 heavy (non-hydrogen) atoms. The van der Waals surface area contributed by atoms with Gasteiger partial charge in [0.1, 0.15) is 5.78 Å². The summed E-state index contributed by atoms with van der Waals surface area (Å²) in [6.45, 7) is 3.60. The second kappa shape index (κ2) is 5.98. The van der Waals surface area contributed by atoms with Gasteiger partial charge >= 0.3 is 5.97 Å². The van der Waals surface area contributed by atoms with E-state index in [1.807, 2.05) is 6.07 Å². The van der Waals surface area contributed by atoms with Gasteiger partial charge in [0.25, 0.3) is 0 Å². The van der Waals surface area contributed by atoms with Crippen LogP contribution in [0.5, 0.6) is 0 Å². The monoisotopic (exact) mass is 332 g/mol. The fourth-order valence-electron chi connectivity index (χ4n) is 1.37. The van der Waals surface area contributed by atoms with Crippen molar-refractivity contribution in [3.8, 4) is 0 Å². The van der Waals surface area contributed by atoms with Crippen LogP contribution in [0.2, 0.25) is 0 Å². The first-order valence-electron chi connectivity index (χ1n) is 4.99. The highest BCUT2D eigenvalue weighted by Crippen LogP contribution is 2.16. The average molecular weight is 332 g/mol. The molecular weight excluding hydrogens is 319 g/mol. The average Bonchev–Trinajstić information content (AvgIpc) is 2.20. The van der Waals surface area contributed by atoms with Crippen molar-refractivity contribution in [2.24, 2.45) is 0 Å². The van der Waals surface area contributed by atoms with E-state index in [0.29, 0.717) is 12.2 Å². The molecule has 0 bridgehead atoms. The number of hydrogen-bond donors (Lipinski definition) is 0. The first kappa shape index (κ1) is 13.2. The van der Waals surface area contributed by atoms with Gasteiger partial charge in [-0.25, -0.2) is 4.79 Å². The van der Waals surface area contributed by atoms with Crippen LogP contribution in [0, 0.1) is 3.57 Å². The van der Waals surface area contributed by atoms with Crippen LogP contribution in [0.15, 0.2) is 18.2 Å². The Bertz CT molecular complexity index is 413. The van der Waals surface area contributed by atoms with Gasteiger partial charge in [-0.15, -0.1) is 0 Å². The van der Waals surface area contributed by atoms with E-state index >= 15 is 0 Å². The summed E-state index contributed by atoms with van der Waals surface area (Å²) in [4.78, 5) is 22.7. The SMILES string of the molecule is CCOC(=O)c1cc(I)ccc1CC(C)=O. The number of carbonyl (C=O) groups excluding carboxylic acids is 2. The van der Waals surface area contributed by atoms with Crippen molar-refractivity contribution in [1.29, 1.82) is 0 Å². The zero-order valence-corrected chi connectivity index (χ0v) is 11.4. The van der Waals surface area contributed by atoms with Crippen LogP contribution in [0.4, 0.5) is 0 Å². The molecule has 0 saturated heterocycles. The summed E-state index contributed by atoms with van der Waals surface area (Å²) in [5, 5.41) is 0. The van der Waals surface area contributed by atoms with E-state index in [4.69, 9.17) is 4.74 Å². The molecule has 0 aliphatic rings. The maximum absolute atomic E-state index is 11.7. The summed E-state index contributed by atoms with van der Waals surface area (Å²) in [5.74, 6) is -0.330. The Kier molecular flexibility index (Phi) is 4.92. The van der Waals surface area contributed by atoms with Crippen molar-refractivity contribution >= 4 is 34.3 Å². The minimum atomic E-state index is -0.364. The summed E-state index contributed by atoms with van der Waals surface area (Å²) in [6, 6.07) is 5.42. The van der Waals surface area contributed by atoms with Crippen LogP contribution in [0.25, 0.3) is 0 Å². The van der Waals surface area contributed by atoms with E-state index in [1.54, 1.807) is 19.1 Å². The molecule has 0 fully saturated rings. The summed E-state index contributed by atoms with van der Waals surface area (Å²) < 4.78 is 5.90. The van der Waals surface area contributed by atoms with Gasteiger partial charge in [0.15, 0.2) is 0 Å². The van der Waals surface area contributed by atoms with Crippen molar-refractivity contribution in [1.82, 2.24) is 0 Å². The number of Topliss-reactive ketones (excluding diaryl/α,β-unsaturated/α-hetero) is 1. The van der Waals surface area contributed by atoms with Gasteiger partial charge in [-0.05, 0) is 54.1 Å². The predicted molar refractivity (Wildman–Crippen MR) is 69.5 cm³/mol. The molecule has 3 nitrogen and oxygen atoms in total. The second-order valence-electron chi connectivity index (χ2n) is 3.40. The maximum Gasteiger partial charge on any atom is 0.338 e. The lowest BCUT2D eigenvalue weighted by molar-refractivity contribution is -0.116. The number of rotatable bonds is 4. The largest absolute Gasteiger partial charge is 0.462 e. The van der Waals surface area contributed by atoms with Crippen LogP contribution < -0.4 is 0 Å². The number of esters is 1. The molecule has 0 amide bonds. The van der Waals surface area contributed by atoms with Gasteiger partial charge in [0.05, 0.1) is 12.2 Å². The van der Waals surface area contributed by atoms with E-state index in [2.05, 4.69) is 22.6 Å². The van der Waals surface area contributed by atoms with Crippen LogP contribution >= 0.6 is 22.6 Å². The molecule has 0 heterocycles. The lowest BCUT2D eigenvalue weighted by Gasteiger charge is -2.08. The molecule has 0 N–H and O–H groups in total. The van der Waals surface area contributed by atoms with Crippen molar-refractivity contribution < 1.29 is 14.3 Å². The molecule has 1 aromatic rings. The molecule has 0 radical (unpaired) electrons. The van der Waals surface area contributed by atoms with Gasteiger partial charge in [0, 0.05) is 9.99 Å². The minimum Gasteiger partial charge on any atom is -0.462 e. The zero-order chi connectivity index (χ0) is 12.1. The Morgan fingerprint density at radius 3 is 2.62 bits per heavy atom.